The second kappa shape index (κ2) is 7.61. The average molecular weight is 417 g/mol. The third-order valence-corrected chi connectivity index (χ3v) is 5.53. The van der Waals surface area contributed by atoms with E-state index in [1.54, 1.807) is 42.5 Å². The molecule has 28 heavy (non-hydrogen) atoms. The maximum atomic E-state index is 12.0. The molecule has 6 nitrogen and oxygen atoms in total. The van der Waals surface area contributed by atoms with Crippen LogP contribution in [-0.4, -0.2) is 35.5 Å². The Kier molecular flexibility index (Phi) is 5.40. The van der Waals surface area contributed by atoms with Crippen LogP contribution in [0.5, 0.6) is 0 Å². The normalized spacial score (nSPS) is 11.4. The molecule has 1 heterocycles. The zero-order valence-electron chi connectivity index (χ0n) is 15.0. The number of carboxylic acid groups (broad SMARTS) is 1. The van der Waals surface area contributed by atoms with E-state index in [-0.39, 0.29) is 17.1 Å². The number of rotatable bonds is 6. The molecule has 3 rings (SSSR count). The zero-order chi connectivity index (χ0) is 20.5. The number of aromatic carboxylic acids is 1. The van der Waals surface area contributed by atoms with E-state index in [2.05, 4.69) is 11.7 Å². The van der Waals surface area contributed by atoms with Crippen molar-refractivity contribution >= 4 is 27.4 Å². The van der Waals surface area contributed by atoms with Crippen molar-refractivity contribution in [1.29, 1.82) is 0 Å². The molecule has 0 fully saturated rings. The van der Waals surface area contributed by atoms with E-state index >= 15 is 0 Å². The summed E-state index contributed by atoms with van der Waals surface area (Å²) in [5, 5.41) is 14.8. The fourth-order valence-corrected chi connectivity index (χ4v) is 3.64. The lowest BCUT2D eigenvalue weighted by Crippen LogP contribution is -2.09. The smallest absolute Gasteiger partial charge is 0.354 e. The van der Waals surface area contributed by atoms with Crippen molar-refractivity contribution in [3.8, 4) is 22.4 Å². The number of hydrogen-bond donors (Lipinski definition) is 1. The number of aromatic nitrogens is 2. The first-order valence-corrected chi connectivity index (χ1v) is 10.5. The maximum absolute atomic E-state index is 12.0. The van der Waals surface area contributed by atoms with Crippen molar-refractivity contribution in [2.24, 2.45) is 0 Å². The molecule has 1 aromatic heterocycles. The molecule has 0 spiro atoms. The lowest BCUT2D eigenvalue weighted by Gasteiger charge is -2.06. The summed E-state index contributed by atoms with van der Waals surface area (Å²) in [4.78, 5) is 12.2. The quantitative estimate of drug-likeness (QED) is 0.609. The standard InChI is InChI=1S/C20H17ClN2O4S/c1-3-12-23-19(20(24)25)17(13-4-8-15(21)9-5-13)18(22-23)14-6-10-16(11-7-14)28(2,26)27/h3-11H,1,12H2,2H3,(H,24,25). The van der Waals surface area contributed by atoms with Gasteiger partial charge in [-0.25, -0.2) is 13.2 Å². The molecule has 0 radical (unpaired) electrons. The van der Waals surface area contributed by atoms with Crippen LogP contribution in [0.4, 0.5) is 0 Å². The third-order valence-electron chi connectivity index (χ3n) is 4.15. The van der Waals surface area contributed by atoms with E-state index in [0.717, 1.165) is 6.26 Å². The molecule has 0 bridgehead atoms. The predicted octanol–water partition coefficient (Wildman–Crippen LogP) is 4.16. The van der Waals surface area contributed by atoms with Gasteiger partial charge >= 0.3 is 5.97 Å². The van der Waals surface area contributed by atoms with Gasteiger partial charge in [-0.2, -0.15) is 5.10 Å². The van der Waals surface area contributed by atoms with Crippen molar-refractivity contribution in [1.82, 2.24) is 9.78 Å². The van der Waals surface area contributed by atoms with Crippen LogP contribution in [0.25, 0.3) is 22.4 Å². The Labute approximate surface area is 167 Å². The van der Waals surface area contributed by atoms with Crippen LogP contribution in [0.2, 0.25) is 5.02 Å². The SMILES string of the molecule is C=CCn1nc(-c2ccc(S(C)(=O)=O)cc2)c(-c2ccc(Cl)cc2)c1C(=O)O. The average Bonchev–Trinajstić information content (AvgIpc) is 3.01. The lowest BCUT2D eigenvalue weighted by molar-refractivity contribution is 0.0685. The molecule has 0 unspecified atom stereocenters. The molecule has 0 saturated carbocycles. The molecule has 144 valence electrons. The summed E-state index contributed by atoms with van der Waals surface area (Å²) in [7, 11) is -3.34. The van der Waals surface area contributed by atoms with Crippen LogP contribution in [0.3, 0.4) is 0 Å². The van der Waals surface area contributed by atoms with Gasteiger partial charge in [0, 0.05) is 22.4 Å². The van der Waals surface area contributed by atoms with Crippen molar-refractivity contribution in [3.05, 3.63) is 71.9 Å². The fourth-order valence-electron chi connectivity index (χ4n) is 2.89. The van der Waals surface area contributed by atoms with Crippen molar-refractivity contribution < 1.29 is 18.3 Å². The summed E-state index contributed by atoms with van der Waals surface area (Å²) in [5.41, 5.74) is 2.12. The van der Waals surface area contributed by atoms with E-state index in [1.165, 1.54) is 16.8 Å². The molecule has 0 aliphatic carbocycles. The van der Waals surface area contributed by atoms with Crippen LogP contribution >= 0.6 is 11.6 Å². The Morgan fingerprint density at radius 1 is 1.14 bits per heavy atom. The first-order chi connectivity index (χ1) is 13.2. The highest BCUT2D eigenvalue weighted by Gasteiger charge is 2.25. The van der Waals surface area contributed by atoms with E-state index in [0.29, 0.717) is 27.4 Å². The third kappa shape index (κ3) is 3.85. The van der Waals surface area contributed by atoms with E-state index in [1.807, 2.05) is 0 Å². The number of benzene rings is 2. The highest BCUT2D eigenvalue weighted by Crippen LogP contribution is 2.35. The van der Waals surface area contributed by atoms with E-state index < -0.39 is 15.8 Å². The Morgan fingerprint density at radius 2 is 1.71 bits per heavy atom. The summed E-state index contributed by atoms with van der Waals surface area (Å²) in [5.74, 6) is -1.13. The highest BCUT2D eigenvalue weighted by atomic mass is 35.5. The summed E-state index contributed by atoms with van der Waals surface area (Å²) < 4.78 is 24.8. The second-order valence-corrected chi connectivity index (χ2v) is 8.60. The van der Waals surface area contributed by atoms with E-state index in [4.69, 9.17) is 11.6 Å². The molecular formula is C20H17ClN2O4S. The van der Waals surface area contributed by atoms with Gasteiger partial charge in [0.2, 0.25) is 0 Å². The van der Waals surface area contributed by atoms with Gasteiger partial charge in [0.05, 0.1) is 11.4 Å². The number of allylic oxidation sites excluding steroid dienone is 1. The van der Waals surface area contributed by atoms with E-state index in [9.17, 15) is 18.3 Å². The van der Waals surface area contributed by atoms with Crippen LogP contribution in [0.1, 0.15) is 10.5 Å². The molecular weight excluding hydrogens is 400 g/mol. The van der Waals surface area contributed by atoms with Gasteiger partial charge in [-0.1, -0.05) is 41.9 Å². The molecule has 1 N–H and O–H groups in total. The van der Waals surface area contributed by atoms with Gasteiger partial charge in [0.25, 0.3) is 0 Å². The van der Waals surface area contributed by atoms with Crippen molar-refractivity contribution in [2.75, 3.05) is 6.26 Å². The highest BCUT2D eigenvalue weighted by molar-refractivity contribution is 7.90. The van der Waals surface area contributed by atoms with Crippen molar-refractivity contribution in [3.63, 3.8) is 0 Å². The summed E-state index contributed by atoms with van der Waals surface area (Å²) in [6.07, 6.45) is 2.68. The number of hydrogen-bond acceptors (Lipinski definition) is 4. The topological polar surface area (TPSA) is 89.3 Å². The fraction of sp³-hybridized carbons (Fsp3) is 0.100. The van der Waals surface area contributed by atoms with Gasteiger partial charge in [-0.15, -0.1) is 6.58 Å². The molecule has 0 aliphatic heterocycles. The molecule has 8 heteroatoms. The molecule has 0 amide bonds. The molecule has 0 saturated heterocycles. The van der Waals surface area contributed by atoms with Gasteiger partial charge in [0.1, 0.15) is 5.69 Å². The molecule has 0 atom stereocenters. The second-order valence-electron chi connectivity index (χ2n) is 6.15. The van der Waals surface area contributed by atoms with Crippen LogP contribution < -0.4 is 0 Å². The molecule has 0 aliphatic rings. The van der Waals surface area contributed by atoms with Crippen LogP contribution in [-0.2, 0) is 16.4 Å². The Morgan fingerprint density at radius 3 is 2.21 bits per heavy atom. The Bertz CT molecular complexity index is 1150. The summed E-state index contributed by atoms with van der Waals surface area (Å²) in [6, 6.07) is 13.0. The van der Waals surface area contributed by atoms with Gasteiger partial charge in [-0.05, 0) is 29.8 Å². The Balaban J connectivity index is 2.28. The number of carboxylic acids is 1. The lowest BCUT2D eigenvalue weighted by atomic mass is 9.99. The monoisotopic (exact) mass is 416 g/mol. The number of nitrogens with zero attached hydrogens (tertiary/aromatic N) is 2. The first-order valence-electron chi connectivity index (χ1n) is 8.24. The maximum Gasteiger partial charge on any atom is 0.354 e. The number of halogens is 1. The first kappa shape index (κ1) is 19.9. The minimum atomic E-state index is -3.34. The minimum absolute atomic E-state index is 0.0180. The van der Waals surface area contributed by atoms with Gasteiger partial charge in [0.15, 0.2) is 15.5 Å². The zero-order valence-corrected chi connectivity index (χ0v) is 16.5. The molecule has 3 aromatic rings. The molecule has 2 aromatic carbocycles. The minimum Gasteiger partial charge on any atom is -0.477 e. The van der Waals surface area contributed by atoms with Crippen LogP contribution in [0, 0.1) is 0 Å². The summed E-state index contributed by atoms with van der Waals surface area (Å²) in [6.45, 7) is 3.87. The Hall–Kier alpha value is -2.90. The summed E-state index contributed by atoms with van der Waals surface area (Å²) >= 11 is 5.97. The van der Waals surface area contributed by atoms with Crippen molar-refractivity contribution in [2.45, 2.75) is 11.4 Å². The largest absolute Gasteiger partial charge is 0.477 e. The van der Waals surface area contributed by atoms with Gasteiger partial charge < -0.3 is 5.11 Å². The predicted molar refractivity (Wildman–Crippen MR) is 108 cm³/mol. The number of carbonyl (C=O) groups is 1. The van der Waals surface area contributed by atoms with Gasteiger partial charge in [-0.3, -0.25) is 4.68 Å². The van der Waals surface area contributed by atoms with Crippen LogP contribution in [0.15, 0.2) is 66.1 Å². The number of sulfone groups is 1.